The van der Waals surface area contributed by atoms with Crippen molar-refractivity contribution < 1.29 is 4.79 Å². The monoisotopic (exact) mass is 228 g/mol. The third kappa shape index (κ3) is 2.28. The number of rotatable bonds is 3. The summed E-state index contributed by atoms with van der Waals surface area (Å²) in [5.41, 5.74) is 4.87. The Kier molecular flexibility index (Phi) is 3.09. The van der Waals surface area contributed by atoms with Crippen molar-refractivity contribution in [1.82, 2.24) is 9.78 Å². The van der Waals surface area contributed by atoms with E-state index in [2.05, 4.69) is 36.3 Å². The molecule has 3 heteroatoms. The van der Waals surface area contributed by atoms with Crippen LogP contribution in [-0.4, -0.2) is 16.1 Å². The molecule has 0 saturated heterocycles. The van der Waals surface area contributed by atoms with Gasteiger partial charge in [-0.2, -0.15) is 5.10 Å². The molecule has 1 heterocycles. The minimum Gasteiger partial charge on any atom is -0.298 e. The van der Waals surface area contributed by atoms with Crippen LogP contribution in [0.4, 0.5) is 0 Å². The number of hydrogen-bond donors (Lipinski definition) is 0. The first-order valence-corrected chi connectivity index (χ1v) is 5.66. The van der Waals surface area contributed by atoms with E-state index in [1.807, 2.05) is 18.5 Å². The number of carbonyl (C=O) groups is 1. The van der Waals surface area contributed by atoms with Gasteiger partial charge in [0.05, 0.1) is 17.8 Å². The average molecular weight is 228 g/mol. The van der Waals surface area contributed by atoms with Gasteiger partial charge < -0.3 is 0 Å². The van der Waals surface area contributed by atoms with E-state index in [0.29, 0.717) is 12.1 Å². The zero-order valence-electron chi connectivity index (χ0n) is 10.4. The van der Waals surface area contributed by atoms with Crippen LogP contribution >= 0.6 is 0 Å². The van der Waals surface area contributed by atoms with Gasteiger partial charge in [0.25, 0.3) is 0 Å². The van der Waals surface area contributed by atoms with E-state index in [1.165, 1.54) is 11.1 Å². The van der Waals surface area contributed by atoms with Gasteiger partial charge in [-0.25, -0.2) is 0 Å². The maximum atomic E-state index is 10.9. The number of aldehydes is 1. The lowest BCUT2D eigenvalue weighted by atomic mass is 10.1. The molecule has 2 rings (SSSR count). The minimum absolute atomic E-state index is 0.706. The molecule has 0 aliphatic carbocycles. The number of nitrogens with zero attached hydrogens (tertiary/aromatic N) is 2. The van der Waals surface area contributed by atoms with E-state index < -0.39 is 0 Å². The first-order chi connectivity index (χ1) is 8.11. The fraction of sp³-hybridized carbons (Fsp3) is 0.286. The van der Waals surface area contributed by atoms with Crippen LogP contribution in [0.15, 0.2) is 24.3 Å². The lowest BCUT2D eigenvalue weighted by Gasteiger charge is -2.05. The van der Waals surface area contributed by atoms with Crippen molar-refractivity contribution in [1.29, 1.82) is 0 Å². The average Bonchev–Trinajstić information content (AvgIpc) is 2.57. The molecule has 88 valence electrons. The molecule has 1 aromatic carbocycles. The van der Waals surface area contributed by atoms with Gasteiger partial charge in [0.2, 0.25) is 0 Å². The van der Waals surface area contributed by atoms with Crippen LogP contribution in [0, 0.1) is 20.8 Å². The van der Waals surface area contributed by atoms with Gasteiger partial charge in [-0.05, 0) is 26.3 Å². The molecule has 0 aliphatic heterocycles. The second-order valence-electron chi connectivity index (χ2n) is 4.35. The molecule has 0 spiro atoms. The molecular weight excluding hydrogens is 212 g/mol. The van der Waals surface area contributed by atoms with Crippen LogP contribution < -0.4 is 0 Å². The topological polar surface area (TPSA) is 34.9 Å². The highest BCUT2D eigenvalue weighted by atomic mass is 16.1. The van der Waals surface area contributed by atoms with Crippen LogP contribution in [0.1, 0.15) is 32.9 Å². The van der Waals surface area contributed by atoms with Crippen molar-refractivity contribution in [2.45, 2.75) is 27.3 Å². The Bertz CT molecular complexity index is 538. The zero-order valence-corrected chi connectivity index (χ0v) is 10.4. The zero-order chi connectivity index (χ0) is 12.4. The Morgan fingerprint density at radius 1 is 1.18 bits per heavy atom. The molecule has 2 aromatic rings. The summed E-state index contributed by atoms with van der Waals surface area (Å²) in [5.74, 6) is 0. The quantitative estimate of drug-likeness (QED) is 0.757. The van der Waals surface area contributed by atoms with Crippen molar-refractivity contribution in [3.8, 4) is 0 Å². The van der Waals surface area contributed by atoms with E-state index >= 15 is 0 Å². The highest BCUT2D eigenvalue weighted by Crippen LogP contribution is 2.13. The molecule has 0 saturated carbocycles. The maximum Gasteiger partial charge on any atom is 0.153 e. The van der Waals surface area contributed by atoms with Crippen LogP contribution in [0.3, 0.4) is 0 Å². The normalized spacial score (nSPS) is 10.5. The Morgan fingerprint density at radius 2 is 1.82 bits per heavy atom. The summed E-state index contributed by atoms with van der Waals surface area (Å²) in [6, 6.07) is 8.35. The number of benzene rings is 1. The van der Waals surface area contributed by atoms with Gasteiger partial charge in [-0.3, -0.25) is 9.48 Å². The van der Waals surface area contributed by atoms with Gasteiger partial charge in [-0.1, -0.05) is 29.8 Å². The highest BCUT2D eigenvalue weighted by molar-refractivity contribution is 5.78. The summed E-state index contributed by atoms with van der Waals surface area (Å²) in [6.07, 6.45) is 0.878. The van der Waals surface area contributed by atoms with Crippen LogP contribution in [-0.2, 0) is 6.54 Å². The SMILES string of the molecule is Cc1ccc(Cn2nc(C)c(C=O)c2C)cc1. The van der Waals surface area contributed by atoms with Crippen LogP contribution in [0.25, 0.3) is 0 Å². The van der Waals surface area contributed by atoms with Gasteiger partial charge in [-0.15, -0.1) is 0 Å². The molecule has 0 amide bonds. The van der Waals surface area contributed by atoms with Crippen molar-refractivity contribution >= 4 is 6.29 Å². The summed E-state index contributed by atoms with van der Waals surface area (Å²) in [4.78, 5) is 10.9. The van der Waals surface area contributed by atoms with Crippen molar-refractivity contribution in [2.75, 3.05) is 0 Å². The standard InChI is InChI=1S/C14H16N2O/c1-10-4-6-13(7-5-10)8-16-12(3)14(9-17)11(2)15-16/h4-7,9H,8H2,1-3H3. The highest BCUT2D eigenvalue weighted by Gasteiger charge is 2.10. The number of aryl methyl sites for hydroxylation is 2. The van der Waals surface area contributed by atoms with Crippen LogP contribution in [0.5, 0.6) is 0 Å². The first-order valence-electron chi connectivity index (χ1n) is 5.66. The molecule has 0 radical (unpaired) electrons. The second-order valence-corrected chi connectivity index (χ2v) is 4.35. The molecule has 0 bridgehead atoms. The maximum absolute atomic E-state index is 10.9. The number of hydrogen-bond acceptors (Lipinski definition) is 2. The van der Waals surface area contributed by atoms with Gasteiger partial charge in [0, 0.05) is 5.69 Å². The predicted molar refractivity (Wildman–Crippen MR) is 67.4 cm³/mol. The Hall–Kier alpha value is -1.90. The Balaban J connectivity index is 2.30. The largest absolute Gasteiger partial charge is 0.298 e. The summed E-state index contributed by atoms with van der Waals surface area (Å²) in [7, 11) is 0. The Morgan fingerprint density at radius 3 is 2.35 bits per heavy atom. The summed E-state index contributed by atoms with van der Waals surface area (Å²) in [6.45, 7) is 6.57. The molecule has 0 atom stereocenters. The van der Waals surface area contributed by atoms with E-state index in [0.717, 1.165) is 17.7 Å². The lowest BCUT2D eigenvalue weighted by molar-refractivity contribution is 0.112. The number of carbonyl (C=O) groups excluding carboxylic acids is 1. The first kappa shape index (κ1) is 11.6. The molecule has 0 unspecified atom stereocenters. The summed E-state index contributed by atoms with van der Waals surface area (Å²) in [5, 5.41) is 4.38. The smallest absolute Gasteiger partial charge is 0.153 e. The molecule has 0 fully saturated rings. The van der Waals surface area contributed by atoms with E-state index in [9.17, 15) is 4.79 Å². The second kappa shape index (κ2) is 4.53. The van der Waals surface area contributed by atoms with Crippen molar-refractivity contribution in [3.05, 3.63) is 52.3 Å². The molecule has 3 nitrogen and oxygen atoms in total. The molecule has 17 heavy (non-hydrogen) atoms. The van der Waals surface area contributed by atoms with Gasteiger partial charge in [0.1, 0.15) is 0 Å². The van der Waals surface area contributed by atoms with Gasteiger partial charge >= 0.3 is 0 Å². The van der Waals surface area contributed by atoms with Crippen molar-refractivity contribution in [2.24, 2.45) is 0 Å². The summed E-state index contributed by atoms with van der Waals surface area (Å²) >= 11 is 0. The van der Waals surface area contributed by atoms with Gasteiger partial charge in [0.15, 0.2) is 6.29 Å². The minimum atomic E-state index is 0.706. The van der Waals surface area contributed by atoms with E-state index in [4.69, 9.17) is 0 Å². The van der Waals surface area contributed by atoms with Crippen molar-refractivity contribution in [3.63, 3.8) is 0 Å². The fourth-order valence-electron chi connectivity index (χ4n) is 1.90. The molecule has 1 aromatic heterocycles. The van der Waals surface area contributed by atoms with E-state index in [-0.39, 0.29) is 0 Å². The lowest BCUT2D eigenvalue weighted by Crippen LogP contribution is -2.04. The van der Waals surface area contributed by atoms with E-state index in [1.54, 1.807) is 0 Å². The van der Waals surface area contributed by atoms with Crippen LogP contribution in [0.2, 0.25) is 0 Å². The Labute approximate surface area is 101 Å². The molecule has 0 aliphatic rings. The summed E-state index contributed by atoms with van der Waals surface area (Å²) < 4.78 is 1.88. The third-order valence-electron chi connectivity index (χ3n) is 3.01. The third-order valence-corrected chi connectivity index (χ3v) is 3.01. The molecule has 0 N–H and O–H groups in total. The predicted octanol–water partition coefficient (Wildman–Crippen LogP) is 2.67. The molecular formula is C14H16N2O. The number of aromatic nitrogens is 2. The fourth-order valence-corrected chi connectivity index (χ4v) is 1.90.